The first-order valence-corrected chi connectivity index (χ1v) is 20.2. The van der Waals surface area contributed by atoms with E-state index in [1.807, 2.05) is 0 Å². The summed E-state index contributed by atoms with van der Waals surface area (Å²) in [5, 5.41) is 16.4. The zero-order valence-electron chi connectivity index (χ0n) is 37.6. The summed E-state index contributed by atoms with van der Waals surface area (Å²) in [5.74, 6) is -1.32. The van der Waals surface area contributed by atoms with Gasteiger partial charge in [0.2, 0.25) is 0 Å². The van der Waals surface area contributed by atoms with Crippen LogP contribution in [0, 0.1) is 0 Å². The third-order valence-corrected chi connectivity index (χ3v) is 8.30. The Morgan fingerprint density at radius 1 is 0.705 bits per heavy atom. The van der Waals surface area contributed by atoms with Crippen LogP contribution < -0.4 is 31.6 Å². The highest BCUT2D eigenvalue weighted by Gasteiger charge is 2.32. The maximum Gasteiger partial charge on any atom is 0.407 e. The second-order valence-corrected chi connectivity index (χ2v) is 16.7. The number of hydrogen-bond acceptors (Lipinski definition) is 15. The number of aromatic amines is 1. The largest absolute Gasteiger partial charge is 0.467 e. The quantitative estimate of drug-likeness (QED) is 0.0799. The van der Waals surface area contributed by atoms with Crippen molar-refractivity contribution in [3.63, 3.8) is 0 Å². The van der Waals surface area contributed by atoms with E-state index >= 15 is 0 Å². The molecule has 0 aromatic carbocycles. The van der Waals surface area contributed by atoms with Gasteiger partial charge in [-0.2, -0.15) is 5.16 Å². The van der Waals surface area contributed by atoms with Crippen LogP contribution in [0.3, 0.4) is 0 Å². The van der Waals surface area contributed by atoms with Crippen LogP contribution in [0.5, 0.6) is 5.88 Å². The number of halogens is 1. The average Bonchev–Trinajstić information content (AvgIpc) is 3.88. The normalized spacial score (nSPS) is 12.5. The minimum Gasteiger partial charge on any atom is -0.467 e. The van der Waals surface area contributed by atoms with Crippen molar-refractivity contribution in [2.75, 3.05) is 39.8 Å². The molecule has 0 bridgehead atoms. The molecule has 2 heterocycles. The lowest BCUT2D eigenvalue weighted by molar-refractivity contribution is -0.142. The van der Waals surface area contributed by atoms with Gasteiger partial charge in [0.05, 0.1) is 18.0 Å². The molecule has 0 aliphatic rings. The van der Waals surface area contributed by atoms with E-state index in [1.165, 1.54) is 38.9 Å². The number of ether oxygens (including phenoxy) is 5. The van der Waals surface area contributed by atoms with Gasteiger partial charge in [0.15, 0.2) is 18.2 Å². The molecule has 0 saturated heterocycles. The summed E-state index contributed by atoms with van der Waals surface area (Å²) >= 11 is 5.62. The number of aromatic nitrogens is 2. The summed E-state index contributed by atoms with van der Waals surface area (Å²) in [6, 6.07) is 1.36. The van der Waals surface area contributed by atoms with Crippen molar-refractivity contribution in [2.45, 2.75) is 142 Å². The molecule has 0 unspecified atom stereocenters. The van der Waals surface area contributed by atoms with Crippen LogP contribution in [0.2, 0.25) is 0 Å². The molecule has 4 amide bonds. The third kappa shape index (κ3) is 26.8. The number of ketones is 2. The zero-order chi connectivity index (χ0) is 46.9. The van der Waals surface area contributed by atoms with Crippen molar-refractivity contribution in [1.82, 2.24) is 31.6 Å². The topological polar surface area (TPSA) is 269 Å². The molecule has 0 saturated carbocycles. The number of hydrogen-bond donors (Lipinski definition) is 5. The zero-order valence-corrected chi connectivity index (χ0v) is 38.3. The maximum absolute atomic E-state index is 12.6. The molecule has 348 valence electrons. The summed E-state index contributed by atoms with van der Waals surface area (Å²) in [5.41, 5.74) is -3.41. The molecule has 0 aliphatic heterocycles. The van der Waals surface area contributed by atoms with E-state index in [2.05, 4.69) is 40.6 Å². The monoisotopic (exact) mass is 890 g/mol. The van der Waals surface area contributed by atoms with Crippen LogP contribution in [0.1, 0.15) is 108 Å². The molecule has 2 aromatic heterocycles. The predicted octanol–water partition coefficient (Wildman–Crippen LogP) is 4.59. The van der Waals surface area contributed by atoms with Crippen molar-refractivity contribution >= 4 is 47.2 Å². The highest BCUT2D eigenvalue weighted by molar-refractivity contribution is 6.28. The first-order chi connectivity index (χ1) is 28.3. The number of nitrogens with zero attached hydrogens (tertiary/aromatic N) is 1. The Morgan fingerprint density at radius 2 is 1.16 bits per heavy atom. The number of nitrogens with one attached hydrogen (secondary N) is 5. The smallest absolute Gasteiger partial charge is 0.407 e. The lowest BCUT2D eigenvalue weighted by Crippen LogP contribution is -2.51. The van der Waals surface area contributed by atoms with Gasteiger partial charge in [0, 0.05) is 39.4 Å². The number of rotatable bonds is 22. The number of H-pyrrole nitrogens is 1. The second kappa shape index (κ2) is 27.8. The van der Waals surface area contributed by atoms with E-state index in [-0.39, 0.29) is 41.4 Å². The van der Waals surface area contributed by atoms with E-state index in [4.69, 9.17) is 35.3 Å². The molecule has 20 nitrogen and oxygen atoms in total. The van der Waals surface area contributed by atoms with Gasteiger partial charge < -0.3 is 54.0 Å². The van der Waals surface area contributed by atoms with Gasteiger partial charge in [-0.25, -0.2) is 9.59 Å². The number of alkyl halides is 1. The fourth-order valence-corrected chi connectivity index (χ4v) is 4.46. The SMILES string of the molecule is COC(C)(C)C(=O)N[C@@H](CCCCNC(=O)OC(C)(C)C)C(=O)CCl.COC(C)(C)C(=O)N[C@@H](CCCCNC(=O)OC(C)(C)C)C(=O)COc1ccon1.O=c1cco[nH]1. The molecule has 0 aliphatic carbocycles. The molecule has 0 fully saturated rings. The number of unbranched alkanes of at least 4 members (excludes halogenated alkanes) is 2. The lowest BCUT2D eigenvalue weighted by Gasteiger charge is -2.25. The molecule has 2 rings (SSSR count). The number of carbonyl (C=O) groups is 6. The molecular formula is C40H67ClN6O14. The minimum atomic E-state index is -1.08. The Balaban J connectivity index is 0.00000105. The van der Waals surface area contributed by atoms with E-state index in [1.54, 1.807) is 69.2 Å². The second-order valence-electron chi connectivity index (χ2n) is 16.4. The molecular weight excluding hydrogens is 824 g/mol. The highest BCUT2D eigenvalue weighted by Crippen LogP contribution is 2.13. The Kier molecular flexibility index (Phi) is 25.6. The molecule has 0 spiro atoms. The van der Waals surface area contributed by atoms with Crippen molar-refractivity contribution in [1.29, 1.82) is 0 Å². The molecule has 2 aromatic rings. The van der Waals surface area contributed by atoms with Crippen LogP contribution in [-0.4, -0.2) is 120 Å². The van der Waals surface area contributed by atoms with Crippen LogP contribution in [0.15, 0.2) is 38.5 Å². The molecule has 5 N–H and O–H groups in total. The van der Waals surface area contributed by atoms with E-state index < -0.39 is 52.6 Å². The van der Waals surface area contributed by atoms with Gasteiger partial charge in [-0.15, -0.1) is 11.6 Å². The van der Waals surface area contributed by atoms with Crippen LogP contribution in [-0.2, 0) is 38.1 Å². The van der Waals surface area contributed by atoms with Gasteiger partial charge in [-0.05, 0) is 113 Å². The number of Topliss-reactive ketones (excluding diaryl/α,β-unsaturated/α-hetero) is 2. The Morgan fingerprint density at radius 3 is 1.49 bits per heavy atom. The predicted molar refractivity (Wildman–Crippen MR) is 224 cm³/mol. The molecule has 61 heavy (non-hydrogen) atoms. The first kappa shape index (κ1) is 56.0. The number of amides is 4. The van der Waals surface area contributed by atoms with Crippen LogP contribution in [0.25, 0.3) is 0 Å². The van der Waals surface area contributed by atoms with E-state index in [0.29, 0.717) is 51.6 Å². The minimum absolute atomic E-state index is 0.172. The van der Waals surface area contributed by atoms with Crippen molar-refractivity contribution in [3.8, 4) is 5.88 Å². The first-order valence-electron chi connectivity index (χ1n) is 19.7. The lowest BCUT2D eigenvalue weighted by atomic mass is 10.0. The highest BCUT2D eigenvalue weighted by atomic mass is 35.5. The Bertz CT molecular complexity index is 1650. The molecule has 0 radical (unpaired) electrons. The van der Waals surface area contributed by atoms with Crippen molar-refractivity contribution in [3.05, 3.63) is 35.0 Å². The van der Waals surface area contributed by atoms with Crippen LogP contribution >= 0.6 is 11.6 Å². The Labute approximate surface area is 362 Å². The summed E-state index contributed by atoms with van der Waals surface area (Å²) in [7, 11) is 2.85. The van der Waals surface area contributed by atoms with Crippen molar-refractivity contribution in [2.24, 2.45) is 0 Å². The van der Waals surface area contributed by atoms with Gasteiger partial charge in [-0.3, -0.25) is 24.0 Å². The van der Waals surface area contributed by atoms with Crippen molar-refractivity contribution < 1.29 is 61.5 Å². The molecule has 21 heteroatoms. The summed E-state index contributed by atoms with van der Waals surface area (Å²) in [4.78, 5) is 82.2. The summed E-state index contributed by atoms with van der Waals surface area (Å²) in [6.07, 6.45) is 4.95. The van der Waals surface area contributed by atoms with E-state index in [0.717, 1.165) is 0 Å². The van der Waals surface area contributed by atoms with Gasteiger partial charge >= 0.3 is 12.2 Å². The Hall–Kier alpha value is -4.95. The fraction of sp³-hybridized carbons (Fsp3) is 0.700. The summed E-state index contributed by atoms with van der Waals surface area (Å²) < 4.78 is 34.8. The van der Waals surface area contributed by atoms with Gasteiger partial charge in [0.1, 0.15) is 34.9 Å². The van der Waals surface area contributed by atoms with Crippen LogP contribution in [0.4, 0.5) is 9.59 Å². The average molecular weight is 891 g/mol. The standard InChI is InChI=1S/C20H33N3O7.C17H31ClN2O5.C3H3NO2/c1-19(2,3)30-18(26)21-11-8-7-9-14(22-17(25)20(4,5)27-6)15(24)13-28-16-10-12-29-23-16;1-16(2,3)25-15(23)19-10-8-7-9-12(13(21)11-18)20-14(22)17(4,5)24-6;5-3-1-2-6-4-3/h10,12,14H,7-9,11,13H2,1-6H3,(H,21,26)(H,22,25);12H,7-11H2,1-6H3,(H,19,23)(H,20,22);1-2H,(H,4,5)/t14-;12-;/m00./s1. The fourth-order valence-electron chi connectivity index (χ4n) is 4.27. The van der Waals surface area contributed by atoms with Gasteiger partial charge in [-0.1, -0.05) is 0 Å². The number of methoxy groups -OCH3 is 2. The number of alkyl carbamates (subject to hydrolysis) is 2. The van der Waals surface area contributed by atoms with Gasteiger partial charge in [0.25, 0.3) is 23.3 Å². The number of carbonyl (C=O) groups excluding carboxylic acids is 6. The maximum atomic E-state index is 12.6. The van der Waals surface area contributed by atoms with E-state index in [9.17, 15) is 33.6 Å². The summed E-state index contributed by atoms with van der Waals surface area (Å²) in [6.45, 7) is 17.7. The molecule has 2 atom stereocenters. The third-order valence-electron chi connectivity index (χ3n) is 8.03.